The third-order valence-electron chi connectivity index (χ3n) is 2.50. The van der Waals surface area contributed by atoms with Gasteiger partial charge >= 0.3 is 0 Å². The van der Waals surface area contributed by atoms with Crippen LogP contribution in [-0.2, 0) is 4.79 Å². The minimum absolute atomic E-state index is 0.179. The van der Waals surface area contributed by atoms with E-state index >= 15 is 0 Å². The molecule has 0 aliphatic carbocycles. The van der Waals surface area contributed by atoms with Gasteiger partial charge in [-0.25, -0.2) is 0 Å². The van der Waals surface area contributed by atoms with Gasteiger partial charge in [-0.05, 0) is 31.2 Å². The van der Waals surface area contributed by atoms with Crippen LogP contribution in [0.1, 0.15) is 6.92 Å². The first-order valence-corrected chi connectivity index (χ1v) is 6.00. The maximum Gasteiger partial charge on any atom is 0.254 e. The Morgan fingerprint density at radius 2 is 1.58 bits per heavy atom. The zero-order chi connectivity index (χ0) is 13.5. The highest BCUT2D eigenvalue weighted by Gasteiger charge is 2.04. The molecule has 0 atom stereocenters. The van der Waals surface area contributed by atoms with E-state index in [9.17, 15) is 4.79 Å². The van der Waals surface area contributed by atoms with E-state index in [1.807, 2.05) is 60.7 Å². The van der Waals surface area contributed by atoms with Crippen molar-refractivity contribution in [1.29, 1.82) is 0 Å². The van der Waals surface area contributed by atoms with Crippen molar-refractivity contribution in [2.24, 2.45) is 0 Å². The molecular formula is C16H15NO2. The number of rotatable bonds is 4. The molecule has 3 nitrogen and oxygen atoms in total. The highest BCUT2D eigenvalue weighted by Crippen LogP contribution is 2.11. The van der Waals surface area contributed by atoms with Crippen molar-refractivity contribution in [3.63, 3.8) is 0 Å². The number of amides is 1. The summed E-state index contributed by atoms with van der Waals surface area (Å²) in [6.45, 7) is 1.71. The fraction of sp³-hybridized carbons (Fsp3) is 0.0625. The third-order valence-corrected chi connectivity index (χ3v) is 2.50. The van der Waals surface area contributed by atoms with Crippen LogP contribution in [0.3, 0.4) is 0 Å². The Kier molecular flexibility index (Phi) is 4.34. The molecule has 0 aliphatic rings. The summed E-state index contributed by atoms with van der Waals surface area (Å²) < 4.78 is 5.40. The molecule has 0 bridgehead atoms. The summed E-state index contributed by atoms with van der Waals surface area (Å²) in [5.74, 6) is 0.525. The molecule has 0 unspecified atom stereocenters. The minimum Gasteiger partial charge on any atom is -0.465 e. The van der Waals surface area contributed by atoms with E-state index in [4.69, 9.17) is 4.74 Å². The summed E-state index contributed by atoms with van der Waals surface area (Å²) in [6, 6.07) is 18.6. The number of carbonyl (C=O) groups is 1. The van der Waals surface area contributed by atoms with E-state index in [1.54, 1.807) is 6.92 Å². The smallest absolute Gasteiger partial charge is 0.254 e. The number of hydrogen-bond acceptors (Lipinski definition) is 2. The van der Waals surface area contributed by atoms with Gasteiger partial charge in [-0.1, -0.05) is 36.4 Å². The Labute approximate surface area is 112 Å². The van der Waals surface area contributed by atoms with Crippen molar-refractivity contribution < 1.29 is 9.53 Å². The molecule has 0 saturated carbocycles. The fourth-order valence-corrected chi connectivity index (χ4v) is 1.46. The van der Waals surface area contributed by atoms with Crippen molar-refractivity contribution in [3.05, 3.63) is 72.5 Å². The largest absolute Gasteiger partial charge is 0.465 e. The van der Waals surface area contributed by atoms with Crippen molar-refractivity contribution in [1.82, 2.24) is 0 Å². The predicted molar refractivity (Wildman–Crippen MR) is 75.9 cm³/mol. The monoisotopic (exact) mass is 253 g/mol. The normalized spacial score (nSPS) is 10.9. The maximum absolute atomic E-state index is 11.9. The van der Waals surface area contributed by atoms with Gasteiger partial charge in [0.2, 0.25) is 0 Å². The van der Waals surface area contributed by atoms with Crippen LogP contribution in [0.4, 0.5) is 5.69 Å². The van der Waals surface area contributed by atoms with Gasteiger partial charge in [0.05, 0.1) is 6.26 Å². The van der Waals surface area contributed by atoms with Gasteiger partial charge < -0.3 is 10.1 Å². The zero-order valence-corrected chi connectivity index (χ0v) is 10.7. The molecule has 0 aliphatic heterocycles. The Morgan fingerprint density at radius 1 is 1.00 bits per heavy atom. The van der Waals surface area contributed by atoms with Gasteiger partial charge in [0, 0.05) is 11.3 Å². The van der Waals surface area contributed by atoms with E-state index < -0.39 is 0 Å². The SMILES string of the molecule is CC(=COc1ccccc1)C(=O)Nc1ccccc1. The van der Waals surface area contributed by atoms with Crippen molar-refractivity contribution in [3.8, 4) is 5.75 Å². The summed E-state index contributed by atoms with van der Waals surface area (Å²) in [7, 11) is 0. The molecule has 2 aromatic rings. The lowest BCUT2D eigenvalue weighted by molar-refractivity contribution is -0.112. The molecule has 0 aromatic heterocycles. The van der Waals surface area contributed by atoms with Gasteiger partial charge in [-0.15, -0.1) is 0 Å². The molecule has 0 radical (unpaired) electrons. The molecule has 1 amide bonds. The molecule has 0 spiro atoms. The van der Waals surface area contributed by atoms with Crippen LogP contribution in [0.2, 0.25) is 0 Å². The van der Waals surface area contributed by atoms with Crippen molar-refractivity contribution in [2.75, 3.05) is 5.32 Å². The Morgan fingerprint density at radius 3 is 2.21 bits per heavy atom. The molecule has 3 heteroatoms. The van der Waals surface area contributed by atoms with Crippen molar-refractivity contribution in [2.45, 2.75) is 6.92 Å². The molecule has 0 heterocycles. The lowest BCUT2D eigenvalue weighted by atomic mass is 10.3. The van der Waals surface area contributed by atoms with Crippen LogP contribution in [0.15, 0.2) is 72.5 Å². The quantitative estimate of drug-likeness (QED) is 0.667. The van der Waals surface area contributed by atoms with Gasteiger partial charge in [0.25, 0.3) is 5.91 Å². The predicted octanol–water partition coefficient (Wildman–Crippen LogP) is 3.61. The Hall–Kier alpha value is -2.55. The van der Waals surface area contributed by atoms with E-state index in [0.29, 0.717) is 11.3 Å². The van der Waals surface area contributed by atoms with Crippen LogP contribution < -0.4 is 10.1 Å². The maximum atomic E-state index is 11.9. The number of benzene rings is 2. The van der Waals surface area contributed by atoms with Crippen molar-refractivity contribution >= 4 is 11.6 Å². The molecule has 96 valence electrons. The molecule has 2 rings (SSSR count). The molecule has 0 saturated heterocycles. The number of ether oxygens (including phenoxy) is 1. The topological polar surface area (TPSA) is 38.3 Å². The first kappa shape index (κ1) is 12.9. The van der Waals surface area contributed by atoms with Crippen LogP contribution in [0.25, 0.3) is 0 Å². The van der Waals surface area contributed by atoms with E-state index in [0.717, 1.165) is 5.69 Å². The summed E-state index contributed by atoms with van der Waals surface area (Å²) in [4.78, 5) is 11.9. The summed E-state index contributed by atoms with van der Waals surface area (Å²) >= 11 is 0. The number of carbonyl (C=O) groups excluding carboxylic acids is 1. The molecule has 0 fully saturated rings. The molecule has 2 aromatic carbocycles. The number of hydrogen-bond donors (Lipinski definition) is 1. The second kappa shape index (κ2) is 6.40. The first-order valence-electron chi connectivity index (χ1n) is 6.00. The lowest BCUT2D eigenvalue weighted by Crippen LogP contribution is -2.13. The average molecular weight is 253 g/mol. The van der Waals surface area contributed by atoms with Crippen LogP contribution >= 0.6 is 0 Å². The summed E-state index contributed by atoms with van der Waals surface area (Å²) in [5, 5.41) is 2.79. The van der Waals surface area contributed by atoms with Gasteiger partial charge in [0.15, 0.2) is 0 Å². The van der Waals surface area contributed by atoms with E-state index in [2.05, 4.69) is 5.32 Å². The molecule has 19 heavy (non-hydrogen) atoms. The zero-order valence-electron chi connectivity index (χ0n) is 10.7. The Bertz CT molecular complexity index is 562. The molecular weight excluding hydrogens is 238 g/mol. The lowest BCUT2D eigenvalue weighted by Gasteiger charge is -2.05. The van der Waals surface area contributed by atoms with Gasteiger partial charge in [0.1, 0.15) is 5.75 Å². The average Bonchev–Trinajstić information content (AvgIpc) is 2.47. The number of nitrogens with one attached hydrogen (secondary N) is 1. The van der Waals surface area contributed by atoms with Crippen LogP contribution in [0, 0.1) is 0 Å². The van der Waals surface area contributed by atoms with Gasteiger partial charge in [-0.2, -0.15) is 0 Å². The standard InChI is InChI=1S/C16H15NO2/c1-13(12-19-15-10-6-3-7-11-15)16(18)17-14-8-4-2-5-9-14/h2-12H,1H3,(H,17,18). The summed E-state index contributed by atoms with van der Waals surface area (Å²) in [6.07, 6.45) is 1.45. The third kappa shape index (κ3) is 4.00. The minimum atomic E-state index is -0.179. The second-order valence-corrected chi connectivity index (χ2v) is 4.05. The fourth-order valence-electron chi connectivity index (χ4n) is 1.46. The highest BCUT2D eigenvalue weighted by atomic mass is 16.5. The van der Waals surface area contributed by atoms with E-state index in [1.165, 1.54) is 6.26 Å². The second-order valence-electron chi connectivity index (χ2n) is 4.05. The number of anilines is 1. The number of para-hydroxylation sites is 2. The van der Waals surface area contributed by atoms with Gasteiger partial charge in [-0.3, -0.25) is 4.79 Å². The highest BCUT2D eigenvalue weighted by molar-refractivity contribution is 6.03. The molecule has 1 N–H and O–H groups in total. The summed E-state index contributed by atoms with van der Waals surface area (Å²) in [5.41, 5.74) is 1.27. The van der Waals surface area contributed by atoms with Crippen LogP contribution in [-0.4, -0.2) is 5.91 Å². The van der Waals surface area contributed by atoms with Crippen LogP contribution in [0.5, 0.6) is 5.75 Å². The first-order chi connectivity index (χ1) is 9.25. The van der Waals surface area contributed by atoms with E-state index in [-0.39, 0.29) is 5.91 Å². The Balaban J connectivity index is 1.95.